The van der Waals surface area contributed by atoms with Crippen molar-refractivity contribution >= 4 is 74.2 Å². The monoisotopic (exact) mass is 543 g/mol. The van der Waals surface area contributed by atoms with Crippen molar-refractivity contribution in [1.82, 2.24) is 14.8 Å². The van der Waals surface area contributed by atoms with Crippen LogP contribution in [0, 0.1) is 0 Å². The molecule has 154 valence electrons. The minimum absolute atomic E-state index is 0.0945. The quantitative estimate of drug-likeness (QED) is 0.303. The summed E-state index contributed by atoms with van der Waals surface area (Å²) in [6.45, 7) is 0. The van der Waals surface area contributed by atoms with E-state index >= 15 is 0 Å². The molecule has 1 N–H and O–H groups in total. The van der Waals surface area contributed by atoms with E-state index in [2.05, 4.69) is 37.5 Å². The van der Waals surface area contributed by atoms with Gasteiger partial charge in [0.2, 0.25) is 10.6 Å². The van der Waals surface area contributed by atoms with Crippen LogP contribution < -0.4 is 5.32 Å². The molecule has 0 spiro atoms. The topological polar surface area (TPSA) is 76.9 Å². The Kier molecular flexibility index (Phi) is 6.74. The van der Waals surface area contributed by atoms with Crippen molar-refractivity contribution in [1.29, 1.82) is 0 Å². The molecule has 6 nitrogen and oxygen atoms in total. The van der Waals surface area contributed by atoms with Crippen LogP contribution in [0.5, 0.6) is 0 Å². The van der Waals surface area contributed by atoms with Gasteiger partial charge in [0.05, 0.1) is 27.2 Å². The minimum Gasteiger partial charge on any atom is -0.324 e. The highest BCUT2D eigenvalue weighted by molar-refractivity contribution is 9.10. The van der Waals surface area contributed by atoms with Crippen LogP contribution in [0.1, 0.15) is 24.3 Å². The van der Waals surface area contributed by atoms with E-state index in [1.165, 1.54) is 36.2 Å². The number of anilines is 1. The third kappa shape index (κ3) is 4.86. The zero-order chi connectivity index (χ0) is 21.3. The van der Waals surface area contributed by atoms with Crippen molar-refractivity contribution in [3.8, 4) is 5.69 Å². The fraction of sp³-hybridized carbons (Fsp3) is 0.211. The molecule has 1 saturated carbocycles. The number of amides is 1. The molecule has 0 bridgehead atoms. The highest BCUT2D eigenvalue weighted by Crippen LogP contribution is 2.42. The summed E-state index contributed by atoms with van der Waals surface area (Å²) in [6.07, 6.45) is 2.40. The SMILES string of the molecule is O=[S+]c1ccc(NC(=O)CSc2nnc(Br)n2-c2ccc(C3CC3)cc2Cl)c(Cl)c1. The lowest BCUT2D eigenvalue weighted by Crippen LogP contribution is -2.15. The van der Waals surface area contributed by atoms with Gasteiger partial charge in [0.15, 0.2) is 5.16 Å². The number of hydrogen-bond donors (Lipinski definition) is 1. The van der Waals surface area contributed by atoms with Crippen LogP contribution in [0.25, 0.3) is 5.69 Å². The number of nitrogens with zero attached hydrogens (tertiary/aromatic N) is 3. The fourth-order valence-electron chi connectivity index (χ4n) is 2.89. The maximum atomic E-state index is 12.4. The van der Waals surface area contributed by atoms with E-state index in [4.69, 9.17) is 23.2 Å². The van der Waals surface area contributed by atoms with Gasteiger partial charge >= 0.3 is 11.7 Å². The molecule has 30 heavy (non-hydrogen) atoms. The molecular formula is C19H14BrCl2N4O2S2+. The molecule has 11 heteroatoms. The molecule has 1 heterocycles. The molecule has 0 atom stereocenters. The number of carbonyl (C=O) groups is 1. The van der Waals surface area contributed by atoms with Gasteiger partial charge in [-0.25, -0.2) is 0 Å². The highest BCUT2D eigenvalue weighted by atomic mass is 79.9. The third-order valence-electron chi connectivity index (χ3n) is 4.50. The molecule has 0 saturated heterocycles. The Morgan fingerprint density at radius 3 is 2.67 bits per heavy atom. The molecule has 3 aromatic rings. The van der Waals surface area contributed by atoms with E-state index in [1.54, 1.807) is 16.7 Å². The van der Waals surface area contributed by atoms with Crippen LogP contribution in [0.3, 0.4) is 0 Å². The van der Waals surface area contributed by atoms with E-state index in [0.717, 1.165) is 5.69 Å². The first kappa shape index (κ1) is 21.7. The number of nitrogens with one attached hydrogen (secondary N) is 1. The first-order chi connectivity index (χ1) is 14.5. The van der Waals surface area contributed by atoms with Gasteiger partial charge in [-0.15, -0.1) is 10.2 Å². The maximum absolute atomic E-state index is 12.4. The standard InChI is InChI=1S/C19H13BrCl2N4O2S2/c20-18-24-25-19(26(18)16-6-3-11(7-14(16)22)10-1-2-10)29-9-17(27)23-15-5-4-12(30-28)8-13(15)21/h3-8,10H,1-2,9H2/p+1. The van der Waals surface area contributed by atoms with Gasteiger partial charge in [-0.1, -0.05) is 41.0 Å². The predicted molar refractivity (Wildman–Crippen MR) is 123 cm³/mol. The van der Waals surface area contributed by atoms with Crippen LogP contribution in [-0.2, 0) is 20.7 Å². The van der Waals surface area contributed by atoms with Crippen LogP contribution in [0.4, 0.5) is 5.69 Å². The Labute approximate surface area is 199 Å². The molecule has 1 amide bonds. The molecule has 1 aromatic heterocycles. The zero-order valence-electron chi connectivity index (χ0n) is 15.3. The second-order valence-corrected chi connectivity index (χ2v) is 9.74. The fourth-order valence-corrected chi connectivity index (χ4v) is 5.04. The molecule has 0 unspecified atom stereocenters. The van der Waals surface area contributed by atoms with Crippen molar-refractivity contribution in [3.05, 3.63) is 56.7 Å². The summed E-state index contributed by atoms with van der Waals surface area (Å²) in [4.78, 5) is 12.9. The third-order valence-corrected chi connectivity index (χ3v) is 7.00. The van der Waals surface area contributed by atoms with Crippen LogP contribution in [-0.4, -0.2) is 26.4 Å². The Hall–Kier alpha value is -1.52. The first-order valence-corrected chi connectivity index (χ1v) is 12.2. The molecule has 1 aliphatic carbocycles. The van der Waals surface area contributed by atoms with E-state index in [1.807, 2.05) is 12.1 Å². The molecule has 1 aliphatic rings. The second-order valence-electron chi connectivity index (χ2n) is 6.63. The first-order valence-electron chi connectivity index (χ1n) is 8.89. The van der Waals surface area contributed by atoms with Gasteiger partial charge in [-0.3, -0.25) is 9.36 Å². The Morgan fingerprint density at radius 2 is 2.00 bits per heavy atom. The summed E-state index contributed by atoms with van der Waals surface area (Å²) in [6, 6.07) is 10.7. The predicted octanol–water partition coefficient (Wildman–Crippen LogP) is 5.73. The number of carbonyl (C=O) groups excluding carboxylic acids is 1. The number of benzene rings is 2. The van der Waals surface area contributed by atoms with Crippen molar-refractivity contribution in [2.45, 2.75) is 28.8 Å². The van der Waals surface area contributed by atoms with Gasteiger partial charge in [-0.05, 0) is 58.5 Å². The van der Waals surface area contributed by atoms with Crippen LogP contribution in [0.15, 0.2) is 51.2 Å². The van der Waals surface area contributed by atoms with E-state index < -0.39 is 0 Å². The minimum atomic E-state index is -0.259. The number of thioether (sulfide) groups is 1. The van der Waals surface area contributed by atoms with Crippen molar-refractivity contribution in [2.24, 2.45) is 0 Å². The summed E-state index contributed by atoms with van der Waals surface area (Å²) in [5.41, 5.74) is 2.43. The number of aromatic nitrogens is 3. The van der Waals surface area contributed by atoms with Crippen molar-refractivity contribution in [2.75, 3.05) is 11.1 Å². The molecule has 0 radical (unpaired) electrons. The van der Waals surface area contributed by atoms with Gasteiger partial charge in [0, 0.05) is 16.3 Å². The van der Waals surface area contributed by atoms with Crippen LogP contribution in [0.2, 0.25) is 10.0 Å². The summed E-state index contributed by atoms with van der Waals surface area (Å²) in [7, 11) is 0. The van der Waals surface area contributed by atoms with Crippen molar-refractivity contribution in [3.63, 3.8) is 0 Å². The van der Waals surface area contributed by atoms with E-state index in [0.29, 0.717) is 48.1 Å². The number of halogens is 3. The zero-order valence-corrected chi connectivity index (χ0v) is 20.0. The summed E-state index contributed by atoms with van der Waals surface area (Å²) in [5.74, 6) is 0.439. The molecular weight excluding hydrogens is 531 g/mol. The van der Waals surface area contributed by atoms with E-state index in [9.17, 15) is 9.00 Å². The average molecular weight is 545 g/mol. The van der Waals surface area contributed by atoms with E-state index in [-0.39, 0.29) is 11.7 Å². The molecule has 0 aliphatic heterocycles. The summed E-state index contributed by atoms with van der Waals surface area (Å²) < 4.78 is 13.1. The summed E-state index contributed by atoms with van der Waals surface area (Å²) >= 11 is 17.6. The largest absolute Gasteiger partial charge is 0.505 e. The number of rotatable bonds is 7. The molecule has 4 rings (SSSR count). The normalized spacial score (nSPS) is 13.3. The van der Waals surface area contributed by atoms with Gasteiger partial charge in [0.1, 0.15) is 0 Å². The molecule has 1 fully saturated rings. The van der Waals surface area contributed by atoms with Crippen LogP contribution >= 0.6 is 50.9 Å². The van der Waals surface area contributed by atoms with Gasteiger partial charge < -0.3 is 5.32 Å². The maximum Gasteiger partial charge on any atom is 0.505 e. The Balaban J connectivity index is 1.47. The van der Waals surface area contributed by atoms with Gasteiger partial charge in [-0.2, -0.15) is 0 Å². The Morgan fingerprint density at radius 1 is 1.20 bits per heavy atom. The highest BCUT2D eigenvalue weighted by Gasteiger charge is 2.25. The smallest absolute Gasteiger partial charge is 0.324 e. The van der Waals surface area contributed by atoms with Gasteiger partial charge in [0.25, 0.3) is 4.90 Å². The summed E-state index contributed by atoms with van der Waals surface area (Å²) in [5, 5.41) is 12.4. The number of hydrogen-bond acceptors (Lipinski definition) is 5. The average Bonchev–Trinajstić information content (AvgIpc) is 3.51. The lowest BCUT2D eigenvalue weighted by molar-refractivity contribution is -0.113. The Bertz CT molecular complexity index is 1140. The molecule has 2 aromatic carbocycles. The second kappa shape index (κ2) is 9.32. The lowest BCUT2D eigenvalue weighted by Gasteiger charge is -2.11. The lowest BCUT2D eigenvalue weighted by atomic mass is 10.1. The van der Waals surface area contributed by atoms with Crippen molar-refractivity contribution < 1.29 is 9.00 Å².